The molecular formula is C87H85N15O4. The summed E-state index contributed by atoms with van der Waals surface area (Å²) in [6, 6.07) is 47.3. The third kappa shape index (κ3) is 10.5. The molecule has 4 aliphatic heterocycles. The van der Waals surface area contributed by atoms with E-state index >= 15 is 0 Å². The Hall–Kier alpha value is -12.3. The Morgan fingerprint density at radius 1 is 0.311 bits per heavy atom. The molecule has 0 fully saturated rings. The number of furan rings is 4. The van der Waals surface area contributed by atoms with E-state index in [1.807, 2.05) is 202 Å². The van der Waals surface area contributed by atoms with Gasteiger partial charge in [0, 0.05) is 124 Å². The number of aromatic nitrogens is 7. The molecule has 0 aliphatic carbocycles. The topological polar surface area (TPSA) is 169 Å². The number of hydrogen-bond donors (Lipinski definition) is 0. The summed E-state index contributed by atoms with van der Waals surface area (Å²) in [6.07, 6.45) is 9.62. The van der Waals surface area contributed by atoms with Gasteiger partial charge in [-0.15, -0.1) is 0 Å². The molecule has 19 heteroatoms. The molecule has 6 unspecified atom stereocenters. The number of nitrogens with zero attached hydrogens (tertiary/aromatic N) is 15. The van der Waals surface area contributed by atoms with Crippen LogP contribution in [0.2, 0.25) is 0 Å². The predicted molar refractivity (Wildman–Crippen MR) is 432 cm³/mol. The maximum Gasteiger partial charge on any atom is 0.178 e. The molecule has 4 aliphatic rings. The van der Waals surface area contributed by atoms with Gasteiger partial charge in [-0.25, -0.2) is 34.9 Å². The highest BCUT2D eigenvalue weighted by Gasteiger charge is 2.43. The first-order valence-electron chi connectivity index (χ1n) is 41.4. The molecule has 0 amide bonds. The third-order valence-corrected chi connectivity index (χ3v) is 20.7. The molecule has 8 aromatic carbocycles. The SMILES string of the molecule is [2H]C(C)(C)N1c2nccnc2N(c2c(C)ccc3c2oc2ccccc23)C1C.[2H]C([2H])([2H])C([2H])(C)N1c2ncccc2N(c2c(C)ccc3c2oc2ccccc23)C1C.[2H]C([2H])([2H])C([2H])(C)N1c2nccnc2N(c2c(C)ccc3c2oc2ccccc23)C1C.[2H]C([2H])([2H])N1c2nccnc2N(c2c(C)ccc3c2oc2ccccc23)C1C. The summed E-state index contributed by atoms with van der Waals surface area (Å²) in [4.78, 5) is 45.9. The second-order valence-electron chi connectivity index (χ2n) is 27.4. The summed E-state index contributed by atoms with van der Waals surface area (Å²) in [6.45, 7) is 14.9. The number of hydrogen-bond acceptors (Lipinski definition) is 19. The van der Waals surface area contributed by atoms with E-state index in [-0.39, 0.29) is 6.17 Å². The first-order valence-corrected chi connectivity index (χ1v) is 35.4. The van der Waals surface area contributed by atoms with Gasteiger partial charge in [0.1, 0.15) is 47.0 Å². The molecule has 0 saturated heterocycles. The minimum absolute atomic E-state index is 0.123. The van der Waals surface area contributed by atoms with Gasteiger partial charge in [-0.3, -0.25) is 14.7 Å². The van der Waals surface area contributed by atoms with Crippen LogP contribution in [-0.4, -0.2) is 84.6 Å². The number of anilines is 12. The fourth-order valence-electron chi connectivity index (χ4n) is 16.0. The van der Waals surface area contributed by atoms with Crippen LogP contribution in [0.1, 0.15) is 108 Å². The van der Waals surface area contributed by atoms with E-state index in [9.17, 15) is 0 Å². The minimum Gasteiger partial charge on any atom is -0.454 e. The van der Waals surface area contributed by atoms with Gasteiger partial charge in [-0.1, -0.05) is 121 Å². The molecule has 16 aromatic rings. The number of benzene rings is 8. The van der Waals surface area contributed by atoms with Crippen molar-refractivity contribution < 1.29 is 34.1 Å². The van der Waals surface area contributed by atoms with Crippen molar-refractivity contribution in [2.75, 3.05) is 46.2 Å². The monoisotopic (exact) mass is 1420 g/mol. The Kier molecular flexibility index (Phi) is 13.4. The highest BCUT2D eigenvalue weighted by Crippen LogP contribution is 2.53. The van der Waals surface area contributed by atoms with Crippen molar-refractivity contribution in [3.8, 4) is 0 Å². The third-order valence-electron chi connectivity index (χ3n) is 20.7. The second-order valence-corrected chi connectivity index (χ2v) is 27.4. The van der Waals surface area contributed by atoms with Crippen LogP contribution in [0, 0.1) is 27.7 Å². The van der Waals surface area contributed by atoms with Crippen molar-refractivity contribution >= 4 is 157 Å². The van der Waals surface area contributed by atoms with E-state index in [0.29, 0.717) is 34.7 Å². The predicted octanol–water partition coefficient (Wildman–Crippen LogP) is 21.4. The molecule has 0 saturated carbocycles. The molecule has 532 valence electrons. The van der Waals surface area contributed by atoms with Gasteiger partial charge in [0.15, 0.2) is 63.1 Å². The molecule has 0 N–H and O–H groups in total. The molecule has 0 radical (unpaired) electrons. The first kappa shape index (κ1) is 54.4. The molecular weight excluding hydrogens is 1320 g/mol. The van der Waals surface area contributed by atoms with Gasteiger partial charge in [0.05, 0.1) is 32.5 Å². The Labute approximate surface area is 632 Å². The van der Waals surface area contributed by atoms with Crippen LogP contribution >= 0.6 is 0 Å². The van der Waals surface area contributed by atoms with E-state index in [4.69, 9.17) is 34.1 Å². The molecule has 8 aromatic heterocycles. The fourth-order valence-corrected chi connectivity index (χ4v) is 16.0. The van der Waals surface area contributed by atoms with Crippen LogP contribution in [0.25, 0.3) is 87.8 Å². The smallest absolute Gasteiger partial charge is 0.178 e. The number of para-hydroxylation sites is 4. The quantitative estimate of drug-likeness (QED) is 0.148. The molecule has 19 nitrogen and oxygen atoms in total. The van der Waals surface area contributed by atoms with Gasteiger partial charge in [0.25, 0.3) is 0 Å². The maximum atomic E-state index is 8.77. The van der Waals surface area contributed by atoms with Crippen molar-refractivity contribution in [3.63, 3.8) is 0 Å². The van der Waals surface area contributed by atoms with E-state index in [1.54, 1.807) is 35.9 Å². The lowest BCUT2D eigenvalue weighted by Crippen LogP contribution is -2.42. The Balaban J connectivity index is 0.000000113. The van der Waals surface area contributed by atoms with Crippen LogP contribution < -0.4 is 39.2 Å². The van der Waals surface area contributed by atoms with Gasteiger partial charge in [-0.05, 0) is 155 Å². The van der Waals surface area contributed by atoms with Crippen LogP contribution in [0.5, 0.6) is 0 Å². The minimum atomic E-state index is -2.55. The van der Waals surface area contributed by atoms with Gasteiger partial charge < -0.3 is 42.2 Å². The summed E-state index contributed by atoms with van der Waals surface area (Å²) in [5, 5.41) is 8.20. The fraction of sp³-hybridized carbons (Fsp3) is 0.253. The van der Waals surface area contributed by atoms with Crippen molar-refractivity contribution in [1.29, 1.82) is 0 Å². The summed E-state index contributed by atoms with van der Waals surface area (Å²) >= 11 is 0. The molecule has 20 rings (SSSR count). The van der Waals surface area contributed by atoms with E-state index in [1.165, 1.54) is 36.0 Å². The first-order chi connectivity index (χ1) is 56.0. The summed E-state index contributed by atoms with van der Waals surface area (Å²) in [5.41, 5.74) is 14.5. The lowest BCUT2D eigenvalue weighted by atomic mass is 10.1. The maximum absolute atomic E-state index is 8.77. The van der Waals surface area contributed by atoms with Crippen molar-refractivity contribution in [2.24, 2.45) is 0 Å². The summed E-state index contributed by atoms with van der Waals surface area (Å²) in [7, 11) is 0. The molecule has 106 heavy (non-hydrogen) atoms. The summed E-state index contributed by atoms with van der Waals surface area (Å²) in [5.74, 6) is 3.71. The lowest BCUT2D eigenvalue weighted by Gasteiger charge is -2.33. The van der Waals surface area contributed by atoms with E-state index in [0.717, 1.165) is 144 Å². The molecule has 12 heterocycles. The van der Waals surface area contributed by atoms with Crippen LogP contribution in [0.4, 0.5) is 69.2 Å². The molecule has 6 atom stereocenters. The van der Waals surface area contributed by atoms with Gasteiger partial charge in [-0.2, -0.15) is 0 Å². The van der Waals surface area contributed by atoms with Gasteiger partial charge in [0.2, 0.25) is 0 Å². The van der Waals surface area contributed by atoms with Crippen molar-refractivity contribution in [1.82, 2.24) is 34.9 Å². The average molecular weight is 1420 g/mol. The highest BCUT2D eigenvalue weighted by molar-refractivity contribution is 6.14. The number of aryl methyl sites for hydroxylation is 4. The Morgan fingerprint density at radius 3 is 0.981 bits per heavy atom. The second kappa shape index (κ2) is 26.2. The van der Waals surface area contributed by atoms with Crippen molar-refractivity contribution in [3.05, 3.63) is 223 Å². The number of pyridine rings is 1. The average Bonchev–Trinajstić information content (AvgIpc) is 1.57. The normalized spacial score (nSPS) is 20.0. The Morgan fingerprint density at radius 2 is 0.613 bits per heavy atom. The zero-order valence-electron chi connectivity index (χ0n) is 72.7. The summed E-state index contributed by atoms with van der Waals surface area (Å²) < 4.78 is 123. The molecule has 0 spiro atoms. The van der Waals surface area contributed by atoms with Crippen molar-refractivity contribution in [2.45, 2.75) is 140 Å². The van der Waals surface area contributed by atoms with Gasteiger partial charge >= 0.3 is 0 Å². The zero-order valence-corrected chi connectivity index (χ0v) is 60.7. The number of rotatable bonds is 7. The number of fused-ring (bicyclic) bond motifs is 16. The lowest BCUT2D eigenvalue weighted by molar-refractivity contribution is 0.598. The van der Waals surface area contributed by atoms with Crippen LogP contribution in [0.15, 0.2) is 219 Å². The van der Waals surface area contributed by atoms with E-state index < -0.39 is 57.2 Å². The van der Waals surface area contributed by atoms with E-state index in [2.05, 4.69) is 84.0 Å². The van der Waals surface area contributed by atoms with Crippen LogP contribution in [-0.2, 0) is 0 Å². The highest BCUT2D eigenvalue weighted by atomic mass is 16.3. The Bertz CT molecular complexity index is 6240. The molecule has 0 bridgehead atoms. The zero-order chi connectivity index (χ0) is 83.5. The standard InChI is InChI=1S/C23H23N3O.2C22H22N4O.C20H18N4O/c1-14(2)25-16(4)26(19-9-7-13-24-23(19)25)21-15(3)11-12-18-17-8-5-6-10-20(17)27-22(18)21;2*1-13(2)25-15(4)26(22-21(25)23-11-12-24-22)19-14(3)9-10-17-16-7-5-6-8-18(16)27-20(17)19;1-12-8-9-15-14-6-4-5-7-16(14)25-18(15)17(12)24-13(2)23(3)19-20(24)22-11-10-21-19/h5-14,16H,1-4H3;2*5-13,15H,1-4H3;4-11,13H,1-3H3/i1D3,14D;1D3,13D;13D;3D3. The largest absolute Gasteiger partial charge is 0.454 e. The van der Waals surface area contributed by atoms with Crippen LogP contribution in [0.3, 0.4) is 0 Å².